The summed E-state index contributed by atoms with van der Waals surface area (Å²) < 4.78 is 30.7. The van der Waals surface area contributed by atoms with E-state index in [4.69, 9.17) is 10.7 Å². The molecule has 1 amide bonds. The Hall–Kier alpha value is -3.34. The molecule has 0 unspecified atom stereocenters. The van der Waals surface area contributed by atoms with Gasteiger partial charge in [0, 0.05) is 18.0 Å². The van der Waals surface area contributed by atoms with Gasteiger partial charge in [-0.3, -0.25) is 9.36 Å². The first-order valence-electron chi connectivity index (χ1n) is 12.1. The van der Waals surface area contributed by atoms with Crippen LogP contribution < -0.4 is 16.4 Å². The van der Waals surface area contributed by atoms with E-state index in [-0.39, 0.29) is 41.6 Å². The maximum atomic E-state index is 14.4. The number of halogens is 2. The zero-order chi connectivity index (χ0) is 24.5. The molecule has 2 aliphatic carbocycles. The fourth-order valence-electron chi connectivity index (χ4n) is 5.22. The molecule has 186 valence electrons. The molecule has 9 nitrogen and oxygen atoms in total. The molecule has 0 spiro atoms. The van der Waals surface area contributed by atoms with Crippen LogP contribution in [0.3, 0.4) is 0 Å². The van der Waals surface area contributed by atoms with Gasteiger partial charge >= 0.3 is 0 Å². The van der Waals surface area contributed by atoms with Gasteiger partial charge in [-0.05, 0) is 63.5 Å². The van der Waals surface area contributed by atoms with Crippen LogP contribution >= 0.6 is 0 Å². The SMILES string of the molecule is NC(=O)[C@H]1CC[C@@H](n2c(Nc3c(F)cccc3F)nc3cnc(N[C@@H]4CCC[C@H](O)C4)nc32)CC1. The van der Waals surface area contributed by atoms with Crippen LogP contribution in [0.5, 0.6) is 0 Å². The second-order valence-corrected chi connectivity index (χ2v) is 9.50. The molecule has 1 aromatic carbocycles. The van der Waals surface area contributed by atoms with Crippen LogP contribution in [-0.2, 0) is 4.79 Å². The number of para-hydroxylation sites is 1. The van der Waals surface area contributed by atoms with Gasteiger partial charge in [-0.1, -0.05) is 6.07 Å². The van der Waals surface area contributed by atoms with E-state index in [0.29, 0.717) is 49.2 Å². The largest absolute Gasteiger partial charge is 0.393 e. The summed E-state index contributed by atoms with van der Waals surface area (Å²) in [7, 11) is 0. The van der Waals surface area contributed by atoms with Crippen LogP contribution in [0.15, 0.2) is 24.4 Å². The lowest BCUT2D eigenvalue weighted by Crippen LogP contribution is -2.30. The number of nitrogens with two attached hydrogens (primary N) is 1. The van der Waals surface area contributed by atoms with E-state index < -0.39 is 11.6 Å². The number of hydrogen-bond donors (Lipinski definition) is 4. The Kier molecular flexibility index (Phi) is 6.50. The average Bonchev–Trinajstić information content (AvgIpc) is 3.19. The minimum absolute atomic E-state index is 0.0590. The lowest BCUT2D eigenvalue weighted by atomic mass is 9.85. The first-order chi connectivity index (χ1) is 16.9. The zero-order valence-electron chi connectivity index (χ0n) is 19.3. The first kappa shape index (κ1) is 23.4. The number of aliphatic hydroxyl groups excluding tert-OH is 1. The monoisotopic (exact) mass is 485 g/mol. The van der Waals surface area contributed by atoms with Crippen molar-refractivity contribution in [3.8, 4) is 0 Å². The van der Waals surface area contributed by atoms with Crippen LogP contribution in [-0.4, -0.2) is 42.7 Å². The van der Waals surface area contributed by atoms with E-state index in [1.165, 1.54) is 18.2 Å². The summed E-state index contributed by atoms with van der Waals surface area (Å²) >= 11 is 0. The Bertz CT molecular complexity index is 1210. The predicted molar refractivity (Wildman–Crippen MR) is 127 cm³/mol. The molecule has 0 saturated heterocycles. The molecule has 35 heavy (non-hydrogen) atoms. The number of benzene rings is 1. The van der Waals surface area contributed by atoms with Crippen LogP contribution in [0.1, 0.15) is 57.4 Å². The number of aromatic nitrogens is 4. The number of aliphatic hydroxyl groups is 1. The Labute approximate surface area is 201 Å². The molecular formula is C24H29F2N7O2. The molecule has 2 fully saturated rings. The van der Waals surface area contributed by atoms with E-state index in [2.05, 4.69) is 20.6 Å². The third-order valence-corrected chi connectivity index (χ3v) is 7.08. The molecule has 5 rings (SSSR count). The van der Waals surface area contributed by atoms with Gasteiger partial charge in [-0.25, -0.2) is 18.7 Å². The maximum absolute atomic E-state index is 14.4. The highest BCUT2D eigenvalue weighted by Gasteiger charge is 2.30. The number of rotatable bonds is 6. The molecule has 0 aliphatic heterocycles. The van der Waals surface area contributed by atoms with E-state index in [1.54, 1.807) is 6.20 Å². The number of anilines is 3. The molecule has 3 aromatic rings. The minimum Gasteiger partial charge on any atom is -0.393 e. The van der Waals surface area contributed by atoms with Crippen LogP contribution in [0.4, 0.5) is 26.4 Å². The van der Waals surface area contributed by atoms with Crippen molar-refractivity contribution in [1.29, 1.82) is 0 Å². The topological polar surface area (TPSA) is 131 Å². The molecule has 2 heterocycles. The van der Waals surface area contributed by atoms with Crippen molar-refractivity contribution < 1.29 is 18.7 Å². The van der Waals surface area contributed by atoms with E-state index in [1.807, 2.05) is 4.57 Å². The summed E-state index contributed by atoms with van der Waals surface area (Å²) in [4.78, 5) is 25.3. The molecule has 2 aliphatic rings. The standard InChI is InChI=1S/C24H29F2N7O2/c25-17-5-2-6-18(26)20(17)31-24-30-19-12-28-23(29-14-3-1-4-16(34)11-14)32-22(19)33(24)15-9-7-13(8-10-15)21(27)35/h2,5-6,12-16,34H,1,3-4,7-11H2,(H2,27,35)(H,30,31)(H,28,29,32)/t13-,14-,15+,16+/m1/s1. The number of nitrogens with one attached hydrogen (secondary N) is 2. The van der Waals surface area contributed by atoms with Crippen LogP contribution in [0.2, 0.25) is 0 Å². The lowest BCUT2D eigenvalue weighted by molar-refractivity contribution is -0.122. The normalized spacial score (nSPS) is 24.9. The molecular weight excluding hydrogens is 456 g/mol. The van der Waals surface area contributed by atoms with Crippen LogP contribution in [0, 0.1) is 17.6 Å². The number of amides is 1. The number of imidazole rings is 1. The number of nitrogens with zero attached hydrogens (tertiary/aromatic N) is 4. The third kappa shape index (κ3) is 4.90. The summed E-state index contributed by atoms with van der Waals surface area (Å²) in [5, 5.41) is 16.1. The summed E-state index contributed by atoms with van der Waals surface area (Å²) in [6, 6.07) is 3.62. The molecule has 11 heteroatoms. The van der Waals surface area contributed by atoms with Crippen LogP contribution in [0.25, 0.3) is 11.2 Å². The number of primary amides is 1. The Morgan fingerprint density at radius 3 is 2.51 bits per heavy atom. The second-order valence-electron chi connectivity index (χ2n) is 9.50. The van der Waals surface area contributed by atoms with Gasteiger partial charge in [-0.15, -0.1) is 0 Å². The summed E-state index contributed by atoms with van der Waals surface area (Å²) in [5.74, 6) is -1.30. The zero-order valence-corrected chi connectivity index (χ0v) is 19.3. The summed E-state index contributed by atoms with van der Waals surface area (Å²) in [6.07, 6.45) is 7.01. The van der Waals surface area contributed by atoms with Gasteiger partial charge in [0.25, 0.3) is 0 Å². The molecule has 2 saturated carbocycles. The van der Waals surface area contributed by atoms with Gasteiger partial charge in [0.05, 0.1) is 12.3 Å². The van der Waals surface area contributed by atoms with Crippen molar-refractivity contribution >= 4 is 34.7 Å². The highest BCUT2D eigenvalue weighted by atomic mass is 19.1. The van der Waals surface area contributed by atoms with Crippen molar-refractivity contribution in [2.75, 3.05) is 10.6 Å². The van der Waals surface area contributed by atoms with Gasteiger partial charge in [0.15, 0.2) is 5.65 Å². The summed E-state index contributed by atoms with van der Waals surface area (Å²) in [5.41, 5.74) is 6.22. The van der Waals surface area contributed by atoms with E-state index >= 15 is 0 Å². The van der Waals surface area contributed by atoms with Gasteiger partial charge in [0.1, 0.15) is 22.8 Å². The van der Waals surface area contributed by atoms with E-state index in [0.717, 1.165) is 19.3 Å². The van der Waals surface area contributed by atoms with Crippen molar-refractivity contribution in [1.82, 2.24) is 19.5 Å². The van der Waals surface area contributed by atoms with Crippen molar-refractivity contribution in [2.24, 2.45) is 11.7 Å². The fourth-order valence-corrected chi connectivity index (χ4v) is 5.22. The lowest BCUT2D eigenvalue weighted by Gasteiger charge is -2.29. The van der Waals surface area contributed by atoms with Crippen molar-refractivity contribution in [3.05, 3.63) is 36.0 Å². The number of fused-ring (bicyclic) bond motifs is 1. The van der Waals surface area contributed by atoms with E-state index in [9.17, 15) is 18.7 Å². The Balaban J connectivity index is 1.51. The maximum Gasteiger partial charge on any atom is 0.224 e. The minimum atomic E-state index is -0.731. The number of carbonyl (C=O) groups is 1. The smallest absolute Gasteiger partial charge is 0.224 e. The Morgan fingerprint density at radius 2 is 1.83 bits per heavy atom. The third-order valence-electron chi connectivity index (χ3n) is 7.08. The average molecular weight is 486 g/mol. The molecule has 5 N–H and O–H groups in total. The predicted octanol–water partition coefficient (Wildman–Crippen LogP) is 3.78. The highest BCUT2D eigenvalue weighted by Crippen LogP contribution is 2.37. The van der Waals surface area contributed by atoms with Crippen molar-refractivity contribution in [3.63, 3.8) is 0 Å². The highest BCUT2D eigenvalue weighted by molar-refractivity contribution is 5.78. The number of carbonyl (C=O) groups excluding carboxylic acids is 1. The number of hydrogen-bond acceptors (Lipinski definition) is 7. The molecule has 2 atom stereocenters. The molecule has 2 aromatic heterocycles. The fraction of sp³-hybridized carbons (Fsp3) is 0.500. The molecule has 0 bridgehead atoms. The van der Waals surface area contributed by atoms with Gasteiger partial charge in [-0.2, -0.15) is 4.98 Å². The quantitative estimate of drug-likeness (QED) is 0.418. The van der Waals surface area contributed by atoms with Gasteiger partial charge in [0.2, 0.25) is 17.8 Å². The Morgan fingerprint density at radius 1 is 1.09 bits per heavy atom. The van der Waals surface area contributed by atoms with Gasteiger partial charge < -0.3 is 21.5 Å². The first-order valence-corrected chi connectivity index (χ1v) is 12.1. The van der Waals surface area contributed by atoms with Crippen molar-refractivity contribution in [2.45, 2.75) is 69.6 Å². The molecule has 0 radical (unpaired) electrons. The summed E-state index contributed by atoms with van der Waals surface area (Å²) in [6.45, 7) is 0. The second kappa shape index (κ2) is 9.73.